The average molecular weight is 204 g/mol. The van der Waals surface area contributed by atoms with Gasteiger partial charge < -0.3 is 5.11 Å². The van der Waals surface area contributed by atoms with Gasteiger partial charge in [0, 0.05) is 6.20 Å². The first-order valence-corrected chi connectivity index (χ1v) is 4.27. The highest BCUT2D eigenvalue weighted by Gasteiger charge is 2.02. The smallest absolute Gasteiger partial charge is 0.307 e. The lowest BCUT2D eigenvalue weighted by atomic mass is 10.2. The predicted octanol–water partition coefficient (Wildman–Crippen LogP) is 0.289. The summed E-state index contributed by atoms with van der Waals surface area (Å²) in [6, 6.07) is 3.41. The van der Waals surface area contributed by atoms with Crippen molar-refractivity contribution in [2.24, 2.45) is 0 Å². The molecule has 0 saturated carbocycles. The van der Waals surface area contributed by atoms with Crippen molar-refractivity contribution in [2.75, 3.05) is 0 Å². The Kier molecular flexibility index (Phi) is 2.40. The van der Waals surface area contributed by atoms with E-state index in [1.165, 1.54) is 23.5 Å². The van der Waals surface area contributed by atoms with Crippen molar-refractivity contribution in [3.8, 4) is 5.82 Å². The number of carbonyl (C=O) groups is 1. The van der Waals surface area contributed by atoms with Crippen molar-refractivity contribution >= 4 is 5.97 Å². The van der Waals surface area contributed by atoms with Crippen LogP contribution in [0.15, 0.2) is 31.0 Å². The predicted molar refractivity (Wildman–Crippen MR) is 50.5 cm³/mol. The number of rotatable bonds is 3. The maximum atomic E-state index is 10.4. The molecule has 0 radical (unpaired) electrons. The average Bonchev–Trinajstić information content (AvgIpc) is 2.71. The third-order valence-electron chi connectivity index (χ3n) is 1.82. The Bertz CT molecular complexity index is 449. The lowest BCUT2D eigenvalue weighted by Crippen LogP contribution is -2.02. The molecule has 2 rings (SSSR count). The van der Waals surface area contributed by atoms with Gasteiger partial charge in [-0.15, -0.1) is 0 Å². The maximum absolute atomic E-state index is 10.4. The molecule has 0 fully saturated rings. The SMILES string of the molecule is O=C(O)Cc1ccc(-n2cncn2)nc1. The van der Waals surface area contributed by atoms with Crippen LogP contribution in [0, 0.1) is 0 Å². The van der Waals surface area contributed by atoms with Crippen LogP contribution in [0.1, 0.15) is 5.56 Å². The highest BCUT2D eigenvalue weighted by atomic mass is 16.4. The van der Waals surface area contributed by atoms with Crippen LogP contribution in [0.5, 0.6) is 0 Å². The van der Waals surface area contributed by atoms with Crippen molar-refractivity contribution in [2.45, 2.75) is 6.42 Å². The van der Waals surface area contributed by atoms with Gasteiger partial charge in [0.25, 0.3) is 0 Å². The zero-order valence-electron chi connectivity index (χ0n) is 7.74. The summed E-state index contributed by atoms with van der Waals surface area (Å²) in [7, 11) is 0. The minimum atomic E-state index is -0.870. The van der Waals surface area contributed by atoms with Crippen molar-refractivity contribution in [3.63, 3.8) is 0 Å². The Labute approximate surface area is 85.2 Å². The topological polar surface area (TPSA) is 80.9 Å². The number of carboxylic acid groups (broad SMARTS) is 1. The number of nitrogens with zero attached hydrogens (tertiary/aromatic N) is 4. The van der Waals surface area contributed by atoms with Gasteiger partial charge in [0.05, 0.1) is 6.42 Å². The molecule has 2 aromatic heterocycles. The summed E-state index contributed by atoms with van der Waals surface area (Å²) in [4.78, 5) is 18.3. The summed E-state index contributed by atoms with van der Waals surface area (Å²) in [6.45, 7) is 0. The van der Waals surface area contributed by atoms with Crippen LogP contribution in [0.4, 0.5) is 0 Å². The molecule has 0 amide bonds. The lowest BCUT2D eigenvalue weighted by molar-refractivity contribution is -0.136. The molecule has 76 valence electrons. The van der Waals surface area contributed by atoms with Gasteiger partial charge in [-0.2, -0.15) is 5.10 Å². The molecule has 15 heavy (non-hydrogen) atoms. The molecule has 2 heterocycles. The summed E-state index contributed by atoms with van der Waals surface area (Å²) in [5.74, 6) is -0.257. The first-order valence-electron chi connectivity index (χ1n) is 4.27. The summed E-state index contributed by atoms with van der Waals surface area (Å²) in [5.41, 5.74) is 0.659. The Morgan fingerprint density at radius 1 is 1.47 bits per heavy atom. The third-order valence-corrected chi connectivity index (χ3v) is 1.82. The zero-order valence-corrected chi connectivity index (χ0v) is 7.74. The first-order chi connectivity index (χ1) is 7.25. The highest BCUT2D eigenvalue weighted by molar-refractivity contribution is 5.70. The minimum Gasteiger partial charge on any atom is -0.481 e. The van der Waals surface area contributed by atoms with E-state index in [2.05, 4.69) is 15.1 Å². The van der Waals surface area contributed by atoms with Gasteiger partial charge in [-0.1, -0.05) is 6.07 Å². The van der Waals surface area contributed by atoms with Gasteiger partial charge in [0.1, 0.15) is 12.7 Å². The van der Waals surface area contributed by atoms with Crippen LogP contribution in [0.25, 0.3) is 5.82 Å². The van der Waals surface area contributed by atoms with Crippen LogP contribution in [-0.4, -0.2) is 30.8 Å². The second kappa shape index (κ2) is 3.87. The number of pyridine rings is 1. The fraction of sp³-hybridized carbons (Fsp3) is 0.111. The number of carboxylic acids is 1. The molecular formula is C9H8N4O2. The monoisotopic (exact) mass is 204 g/mol. The van der Waals surface area contributed by atoms with Crippen molar-refractivity contribution in [1.29, 1.82) is 0 Å². The number of aliphatic carboxylic acids is 1. The molecule has 0 aliphatic rings. The molecule has 1 N–H and O–H groups in total. The van der Waals surface area contributed by atoms with E-state index in [1.807, 2.05) is 0 Å². The minimum absolute atomic E-state index is 0.0232. The van der Waals surface area contributed by atoms with Crippen LogP contribution in [0.2, 0.25) is 0 Å². The molecule has 0 unspecified atom stereocenters. The lowest BCUT2D eigenvalue weighted by Gasteiger charge is -2.00. The molecule has 0 aliphatic heterocycles. The van der Waals surface area contributed by atoms with E-state index < -0.39 is 5.97 Å². The van der Waals surface area contributed by atoms with Crippen LogP contribution in [0.3, 0.4) is 0 Å². The number of hydrogen-bond acceptors (Lipinski definition) is 4. The van der Waals surface area contributed by atoms with Crippen LogP contribution in [-0.2, 0) is 11.2 Å². The molecule has 6 nitrogen and oxygen atoms in total. The molecule has 0 aromatic carbocycles. The maximum Gasteiger partial charge on any atom is 0.307 e. The summed E-state index contributed by atoms with van der Waals surface area (Å²) in [5, 5.41) is 12.5. The van der Waals surface area contributed by atoms with E-state index in [-0.39, 0.29) is 6.42 Å². The van der Waals surface area contributed by atoms with E-state index >= 15 is 0 Å². The normalized spacial score (nSPS) is 10.1. The van der Waals surface area contributed by atoms with E-state index in [0.29, 0.717) is 11.4 Å². The standard InChI is InChI=1S/C9H8N4O2/c14-9(15)3-7-1-2-8(11-4-7)13-6-10-5-12-13/h1-2,4-6H,3H2,(H,14,15). The Morgan fingerprint density at radius 3 is 2.87 bits per heavy atom. The van der Waals surface area contributed by atoms with Gasteiger partial charge in [-0.05, 0) is 11.6 Å². The Balaban J connectivity index is 2.21. The molecule has 0 atom stereocenters. The first kappa shape index (κ1) is 9.32. The van der Waals surface area contributed by atoms with Crippen molar-refractivity contribution in [1.82, 2.24) is 19.7 Å². The van der Waals surface area contributed by atoms with Gasteiger partial charge in [-0.3, -0.25) is 4.79 Å². The third kappa shape index (κ3) is 2.16. The summed E-state index contributed by atoms with van der Waals surface area (Å²) >= 11 is 0. The van der Waals surface area contributed by atoms with E-state index in [4.69, 9.17) is 5.11 Å². The Morgan fingerprint density at radius 2 is 2.33 bits per heavy atom. The van der Waals surface area contributed by atoms with E-state index in [1.54, 1.807) is 12.1 Å². The molecule has 0 spiro atoms. The van der Waals surface area contributed by atoms with Gasteiger partial charge in [-0.25, -0.2) is 14.6 Å². The summed E-state index contributed by atoms with van der Waals surface area (Å²) in [6.07, 6.45) is 4.43. The quantitative estimate of drug-likeness (QED) is 0.777. The van der Waals surface area contributed by atoms with Crippen molar-refractivity contribution in [3.05, 3.63) is 36.5 Å². The second-order valence-electron chi connectivity index (χ2n) is 2.94. The largest absolute Gasteiger partial charge is 0.481 e. The number of hydrogen-bond donors (Lipinski definition) is 1. The molecule has 6 heteroatoms. The van der Waals surface area contributed by atoms with Crippen LogP contribution < -0.4 is 0 Å². The highest BCUT2D eigenvalue weighted by Crippen LogP contribution is 2.04. The van der Waals surface area contributed by atoms with Gasteiger partial charge in [0.15, 0.2) is 5.82 Å². The summed E-state index contributed by atoms with van der Waals surface area (Å²) < 4.78 is 1.50. The fourth-order valence-corrected chi connectivity index (χ4v) is 1.16. The molecule has 0 saturated heterocycles. The van der Waals surface area contributed by atoms with Gasteiger partial charge in [0.2, 0.25) is 0 Å². The molecule has 2 aromatic rings. The van der Waals surface area contributed by atoms with Gasteiger partial charge >= 0.3 is 5.97 Å². The molecule has 0 aliphatic carbocycles. The second-order valence-corrected chi connectivity index (χ2v) is 2.94. The molecule has 0 bridgehead atoms. The fourth-order valence-electron chi connectivity index (χ4n) is 1.16. The molecular weight excluding hydrogens is 196 g/mol. The zero-order chi connectivity index (χ0) is 10.7. The van der Waals surface area contributed by atoms with E-state index in [0.717, 1.165) is 0 Å². The number of aromatic nitrogens is 4. The van der Waals surface area contributed by atoms with Crippen molar-refractivity contribution < 1.29 is 9.90 Å². The van der Waals surface area contributed by atoms with E-state index in [9.17, 15) is 4.79 Å². The Hall–Kier alpha value is -2.24. The van der Waals surface area contributed by atoms with Crippen LogP contribution >= 0.6 is 0 Å².